The zero-order valence-electron chi connectivity index (χ0n) is 23.1. The topological polar surface area (TPSA) is 142 Å². The zero-order chi connectivity index (χ0) is 28.7. The van der Waals surface area contributed by atoms with Gasteiger partial charge in [-0.15, -0.1) is 6.42 Å². The van der Waals surface area contributed by atoms with Crippen LogP contribution in [-0.4, -0.2) is 65.1 Å². The Morgan fingerprint density at radius 3 is 2.62 bits per heavy atom. The van der Waals surface area contributed by atoms with E-state index in [4.69, 9.17) is 15.9 Å². The molecular weight excluding hydrogens is 502 g/mol. The van der Waals surface area contributed by atoms with Gasteiger partial charge in [0.15, 0.2) is 0 Å². The summed E-state index contributed by atoms with van der Waals surface area (Å²) in [4.78, 5) is 54.7. The number of nitrogens with zero attached hydrogens (tertiary/aromatic N) is 1. The molecular formula is C28H37N5O6. The third kappa shape index (κ3) is 8.14. The van der Waals surface area contributed by atoms with Gasteiger partial charge in [0, 0.05) is 17.4 Å². The fourth-order valence-corrected chi connectivity index (χ4v) is 4.17. The predicted molar refractivity (Wildman–Crippen MR) is 146 cm³/mol. The molecule has 2 aromatic rings. The molecule has 0 spiro atoms. The van der Waals surface area contributed by atoms with Gasteiger partial charge in [0.2, 0.25) is 5.91 Å². The number of amides is 4. The van der Waals surface area contributed by atoms with Crippen LogP contribution in [0.15, 0.2) is 24.3 Å². The summed E-state index contributed by atoms with van der Waals surface area (Å²) in [7, 11) is 0. The highest BCUT2D eigenvalue weighted by molar-refractivity contribution is 6.01. The number of benzene rings is 1. The minimum atomic E-state index is -0.969. The van der Waals surface area contributed by atoms with Crippen molar-refractivity contribution in [1.29, 1.82) is 0 Å². The molecule has 3 rings (SSSR count). The SMILES string of the molecule is C#CCOc1cccc2[nH]c(C(=O)N[C@@H](CC(C)C)C(=O)NN(CC3CCNC3=O)C(=O)OC(C)(C)C)cc12. The van der Waals surface area contributed by atoms with Crippen molar-refractivity contribution < 1.29 is 28.7 Å². The van der Waals surface area contributed by atoms with Crippen molar-refractivity contribution in [3.63, 3.8) is 0 Å². The van der Waals surface area contributed by atoms with E-state index in [1.54, 1.807) is 45.0 Å². The Morgan fingerprint density at radius 2 is 2.00 bits per heavy atom. The van der Waals surface area contributed by atoms with Crippen molar-refractivity contribution >= 4 is 34.7 Å². The van der Waals surface area contributed by atoms with E-state index < -0.39 is 35.5 Å². The standard InChI is InChI=1S/C28H37N5O6/c1-7-13-38-23-10-8-9-20-19(23)15-22(30-20)25(35)31-21(14-17(2)3)26(36)32-33(27(37)39-28(4,5)6)16-18-11-12-29-24(18)34/h1,8-10,15,17-18,21,30H,11-14,16H2,2-6H3,(H,29,34)(H,31,35)(H,32,36)/t18?,21-/m0/s1. The summed E-state index contributed by atoms with van der Waals surface area (Å²) in [5, 5.41) is 7.18. The summed E-state index contributed by atoms with van der Waals surface area (Å²) in [5.41, 5.74) is 2.67. The lowest BCUT2D eigenvalue weighted by Gasteiger charge is -2.30. The maximum Gasteiger partial charge on any atom is 0.429 e. The van der Waals surface area contributed by atoms with Gasteiger partial charge < -0.3 is 25.1 Å². The first-order chi connectivity index (χ1) is 18.4. The van der Waals surface area contributed by atoms with E-state index >= 15 is 0 Å². The fraction of sp³-hybridized carbons (Fsp3) is 0.500. The summed E-state index contributed by atoms with van der Waals surface area (Å²) in [6.07, 6.45) is 5.33. The second-order valence-corrected chi connectivity index (χ2v) is 10.9. The smallest absolute Gasteiger partial charge is 0.429 e. The number of carbonyl (C=O) groups is 4. The molecule has 4 N–H and O–H groups in total. The Labute approximate surface area is 228 Å². The van der Waals surface area contributed by atoms with Crippen LogP contribution in [0.1, 0.15) is 57.9 Å². The van der Waals surface area contributed by atoms with Crippen LogP contribution in [0.5, 0.6) is 5.75 Å². The lowest BCUT2D eigenvalue weighted by molar-refractivity contribution is -0.130. The third-order valence-electron chi connectivity index (χ3n) is 5.93. The van der Waals surface area contributed by atoms with E-state index in [0.29, 0.717) is 36.0 Å². The minimum absolute atomic E-state index is 0.0446. The van der Waals surface area contributed by atoms with Gasteiger partial charge >= 0.3 is 6.09 Å². The number of hydrazine groups is 1. The number of rotatable bonds is 9. The Kier molecular flexibility index (Phi) is 9.46. The number of nitrogens with one attached hydrogen (secondary N) is 4. The van der Waals surface area contributed by atoms with Crippen molar-refractivity contribution in [3.8, 4) is 18.1 Å². The van der Waals surface area contributed by atoms with E-state index in [-0.39, 0.29) is 30.7 Å². The quantitative estimate of drug-likeness (QED) is 0.285. The average Bonchev–Trinajstić information content (AvgIpc) is 3.46. The van der Waals surface area contributed by atoms with Gasteiger partial charge in [-0.2, -0.15) is 0 Å². The monoisotopic (exact) mass is 539 g/mol. The lowest BCUT2D eigenvalue weighted by atomic mass is 10.0. The van der Waals surface area contributed by atoms with Crippen LogP contribution in [0.4, 0.5) is 4.79 Å². The van der Waals surface area contributed by atoms with Crippen LogP contribution in [0.25, 0.3) is 10.9 Å². The van der Waals surface area contributed by atoms with Crippen LogP contribution in [0.2, 0.25) is 0 Å². The number of hydrogen-bond acceptors (Lipinski definition) is 6. The highest BCUT2D eigenvalue weighted by Gasteiger charge is 2.33. The van der Waals surface area contributed by atoms with Crippen molar-refractivity contribution in [2.75, 3.05) is 19.7 Å². The molecule has 1 aliphatic heterocycles. The largest absolute Gasteiger partial charge is 0.480 e. The maximum atomic E-state index is 13.4. The summed E-state index contributed by atoms with van der Waals surface area (Å²) in [6, 6.07) is 5.98. The van der Waals surface area contributed by atoms with E-state index in [1.807, 2.05) is 13.8 Å². The number of H-pyrrole nitrogens is 1. The Morgan fingerprint density at radius 1 is 1.26 bits per heavy atom. The second kappa shape index (κ2) is 12.6. The van der Waals surface area contributed by atoms with E-state index in [2.05, 4.69) is 27.0 Å². The molecule has 2 heterocycles. The molecule has 4 amide bonds. The normalized spacial score (nSPS) is 15.8. The minimum Gasteiger partial charge on any atom is -0.480 e. The van der Waals surface area contributed by atoms with Gasteiger partial charge in [-0.25, -0.2) is 9.80 Å². The van der Waals surface area contributed by atoms with Crippen LogP contribution in [-0.2, 0) is 14.3 Å². The zero-order valence-corrected chi connectivity index (χ0v) is 23.1. The molecule has 0 bridgehead atoms. The molecule has 1 aromatic heterocycles. The van der Waals surface area contributed by atoms with E-state index in [0.717, 1.165) is 5.01 Å². The fourth-order valence-electron chi connectivity index (χ4n) is 4.17. The molecule has 210 valence electrons. The van der Waals surface area contributed by atoms with Crippen LogP contribution < -0.4 is 20.8 Å². The van der Waals surface area contributed by atoms with Gasteiger partial charge in [-0.05, 0) is 57.7 Å². The lowest BCUT2D eigenvalue weighted by Crippen LogP contribution is -2.56. The molecule has 2 atom stereocenters. The average molecular weight is 540 g/mol. The van der Waals surface area contributed by atoms with Gasteiger partial charge in [0.25, 0.3) is 11.8 Å². The van der Waals surface area contributed by atoms with Gasteiger partial charge in [0.05, 0.1) is 12.5 Å². The molecule has 1 unspecified atom stereocenters. The number of aromatic amines is 1. The number of hydrogen-bond donors (Lipinski definition) is 4. The van der Waals surface area contributed by atoms with Crippen molar-refractivity contribution in [1.82, 2.24) is 26.1 Å². The summed E-state index contributed by atoms with van der Waals surface area (Å²) >= 11 is 0. The molecule has 1 fully saturated rings. The van der Waals surface area contributed by atoms with Crippen LogP contribution >= 0.6 is 0 Å². The maximum absolute atomic E-state index is 13.4. The first-order valence-electron chi connectivity index (χ1n) is 13.0. The highest BCUT2D eigenvalue weighted by Crippen LogP contribution is 2.26. The molecule has 11 heteroatoms. The molecule has 0 aliphatic carbocycles. The van der Waals surface area contributed by atoms with Gasteiger partial charge in [-0.3, -0.25) is 19.8 Å². The molecule has 0 radical (unpaired) electrons. The number of carbonyl (C=O) groups excluding carboxylic acids is 4. The molecule has 1 saturated heterocycles. The number of aromatic nitrogens is 1. The van der Waals surface area contributed by atoms with Gasteiger partial charge in [0.1, 0.15) is 29.7 Å². The molecule has 11 nitrogen and oxygen atoms in total. The van der Waals surface area contributed by atoms with E-state index in [9.17, 15) is 19.2 Å². The molecule has 1 aromatic carbocycles. The van der Waals surface area contributed by atoms with Crippen molar-refractivity contribution in [2.24, 2.45) is 11.8 Å². The Hall–Kier alpha value is -4.20. The van der Waals surface area contributed by atoms with Gasteiger partial charge in [-0.1, -0.05) is 25.8 Å². The molecule has 39 heavy (non-hydrogen) atoms. The predicted octanol–water partition coefficient (Wildman–Crippen LogP) is 2.73. The Bertz CT molecular complexity index is 1260. The van der Waals surface area contributed by atoms with E-state index in [1.165, 1.54) is 0 Å². The van der Waals surface area contributed by atoms with Crippen LogP contribution in [0.3, 0.4) is 0 Å². The molecule has 0 saturated carbocycles. The summed E-state index contributed by atoms with van der Waals surface area (Å²) < 4.78 is 11.0. The highest BCUT2D eigenvalue weighted by atomic mass is 16.6. The molecule has 1 aliphatic rings. The Balaban J connectivity index is 1.79. The van der Waals surface area contributed by atoms with Crippen LogP contribution in [0, 0.1) is 24.2 Å². The van der Waals surface area contributed by atoms with Crippen molar-refractivity contribution in [3.05, 3.63) is 30.0 Å². The summed E-state index contributed by atoms with van der Waals surface area (Å²) in [6.45, 7) is 9.47. The number of ether oxygens (including phenoxy) is 2. The number of fused-ring (bicyclic) bond motifs is 1. The van der Waals surface area contributed by atoms with Crippen molar-refractivity contribution in [2.45, 2.75) is 59.1 Å². The second-order valence-electron chi connectivity index (χ2n) is 10.9. The first-order valence-corrected chi connectivity index (χ1v) is 13.0. The third-order valence-corrected chi connectivity index (χ3v) is 5.93. The number of terminal acetylenes is 1. The summed E-state index contributed by atoms with van der Waals surface area (Å²) in [5.74, 6) is 1.19. The first kappa shape index (κ1) is 29.4.